The van der Waals surface area contributed by atoms with Crippen molar-refractivity contribution in [1.29, 1.82) is 0 Å². The van der Waals surface area contributed by atoms with Crippen molar-refractivity contribution in [3.8, 4) is 5.69 Å². The van der Waals surface area contributed by atoms with Crippen LogP contribution in [-0.4, -0.2) is 50.8 Å². The summed E-state index contributed by atoms with van der Waals surface area (Å²) in [5.74, 6) is -0.523. The molecule has 0 saturated carbocycles. The molecule has 132 valence electrons. The van der Waals surface area contributed by atoms with Gasteiger partial charge in [-0.25, -0.2) is 4.68 Å². The highest BCUT2D eigenvalue weighted by molar-refractivity contribution is 5.92. The van der Waals surface area contributed by atoms with E-state index in [1.807, 2.05) is 38.1 Å². The van der Waals surface area contributed by atoms with Crippen LogP contribution in [0.25, 0.3) is 5.69 Å². The zero-order chi connectivity index (χ0) is 18.0. The number of aromatic nitrogens is 2. The lowest BCUT2D eigenvalue weighted by molar-refractivity contribution is -0.142. The van der Waals surface area contributed by atoms with Crippen LogP contribution in [0.1, 0.15) is 24.1 Å². The number of aliphatic carboxylic acids is 1. The molecule has 0 bridgehead atoms. The van der Waals surface area contributed by atoms with Crippen LogP contribution in [0.3, 0.4) is 0 Å². The van der Waals surface area contributed by atoms with Crippen LogP contribution in [-0.2, 0) is 9.59 Å². The van der Waals surface area contributed by atoms with E-state index < -0.39 is 12.0 Å². The van der Waals surface area contributed by atoms with E-state index in [4.69, 9.17) is 0 Å². The zero-order valence-corrected chi connectivity index (χ0v) is 14.4. The highest BCUT2D eigenvalue weighted by atomic mass is 16.4. The molecule has 0 aliphatic carbocycles. The molecule has 1 fully saturated rings. The van der Waals surface area contributed by atoms with Gasteiger partial charge in [0.2, 0.25) is 5.91 Å². The van der Waals surface area contributed by atoms with Gasteiger partial charge in [0.25, 0.3) is 0 Å². The summed E-state index contributed by atoms with van der Waals surface area (Å²) in [6.45, 7) is 4.56. The first kappa shape index (κ1) is 17.2. The number of hydrogen-bond donors (Lipinski definition) is 2. The van der Waals surface area contributed by atoms with Crippen LogP contribution < -0.4 is 5.32 Å². The molecule has 1 unspecified atom stereocenters. The number of benzene rings is 1. The van der Waals surface area contributed by atoms with Crippen molar-refractivity contribution < 1.29 is 14.7 Å². The molecule has 25 heavy (non-hydrogen) atoms. The summed E-state index contributed by atoms with van der Waals surface area (Å²) in [4.78, 5) is 25.3. The maximum absolute atomic E-state index is 12.4. The molecular weight excluding hydrogens is 320 g/mol. The number of likely N-dealkylation sites (tertiary alicyclic amines) is 1. The Kier molecular flexibility index (Phi) is 4.85. The summed E-state index contributed by atoms with van der Waals surface area (Å²) in [5, 5.41) is 16.5. The lowest BCUT2D eigenvalue weighted by Crippen LogP contribution is -2.41. The molecule has 7 heteroatoms. The summed E-state index contributed by atoms with van der Waals surface area (Å²) >= 11 is 0. The minimum absolute atomic E-state index is 0.0646. The maximum Gasteiger partial charge on any atom is 0.320 e. The van der Waals surface area contributed by atoms with Gasteiger partial charge in [0, 0.05) is 6.07 Å². The van der Waals surface area contributed by atoms with E-state index in [1.165, 1.54) is 0 Å². The minimum Gasteiger partial charge on any atom is -0.480 e. The first-order valence-electron chi connectivity index (χ1n) is 8.34. The van der Waals surface area contributed by atoms with Crippen molar-refractivity contribution in [2.75, 3.05) is 18.4 Å². The first-order valence-corrected chi connectivity index (χ1v) is 8.34. The topological polar surface area (TPSA) is 87.5 Å². The van der Waals surface area contributed by atoms with Gasteiger partial charge in [-0.3, -0.25) is 14.5 Å². The van der Waals surface area contributed by atoms with E-state index in [0.717, 1.165) is 23.4 Å². The van der Waals surface area contributed by atoms with Crippen LogP contribution in [0.5, 0.6) is 0 Å². The van der Waals surface area contributed by atoms with Gasteiger partial charge in [0.05, 0.1) is 17.9 Å². The molecule has 1 aromatic heterocycles. The quantitative estimate of drug-likeness (QED) is 0.867. The van der Waals surface area contributed by atoms with Crippen LogP contribution in [0.4, 0.5) is 5.82 Å². The Hall–Kier alpha value is -2.67. The van der Waals surface area contributed by atoms with Crippen molar-refractivity contribution in [3.63, 3.8) is 0 Å². The van der Waals surface area contributed by atoms with Crippen LogP contribution in [0.2, 0.25) is 0 Å². The standard InChI is InChI=1S/C18H22N4O3/c1-12-5-7-14(8-6-12)22-16(10-13(2)20-22)19-17(23)11-21-9-3-4-15(21)18(24)25/h5-8,10,15H,3-4,9,11H2,1-2H3,(H,19,23)(H,24,25). The van der Waals surface area contributed by atoms with Gasteiger partial charge in [-0.15, -0.1) is 0 Å². The van der Waals surface area contributed by atoms with Gasteiger partial charge in [-0.05, 0) is 45.4 Å². The van der Waals surface area contributed by atoms with Gasteiger partial charge in [0.15, 0.2) is 0 Å². The number of amides is 1. The maximum atomic E-state index is 12.4. The second kappa shape index (κ2) is 7.06. The lowest BCUT2D eigenvalue weighted by Gasteiger charge is -2.20. The molecule has 7 nitrogen and oxygen atoms in total. The fourth-order valence-electron chi connectivity index (χ4n) is 3.13. The number of carboxylic acid groups (broad SMARTS) is 1. The molecule has 1 amide bonds. The number of carboxylic acids is 1. The van der Waals surface area contributed by atoms with Gasteiger partial charge in [-0.1, -0.05) is 17.7 Å². The molecule has 1 atom stereocenters. The summed E-state index contributed by atoms with van der Waals surface area (Å²) in [5.41, 5.74) is 2.80. The molecule has 2 heterocycles. The van der Waals surface area contributed by atoms with E-state index >= 15 is 0 Å². The molecule has 2 aromatic rings. The van der Waals surface area contributed by atoms with Gasteiger partial charge < -0.3 is 10.4 Å². The fraction of sp³-hybridized carbons (Fsp3) is 0.389. The minimum atomic E-state index is -0.870. The Balaban J connectivity index is 1.73. The Morgan fingerprint density at radius 1 is 1.28 bits per heavy atom. The molecule has 2 N–H and O–H groups in total. The third kappa shape index (κ3) is 3.88. The predicted molar refractivity (Wildman–Crippen MR) is 93.9 cm³/mol. The molecule has 3 rings (SSSR count). The molecule has 0 radical (unpaired) electrons. The van der Waals surface area contributed by atoms with E-state index in [9.17, 15) is 14.7 Å². The monoisotopic (exact) mass is 342 g/mol. The number of carbonyl (C=O) groups is 2. The van der Waals surface area contributed by atoms with E-state index in [0.29, 0.717) is 18.8 Å². The SMILES string of the molecule is Cc1ccc(-n2nc(C)cc2NC(=O)CN2CCCC2C(=O)O)cc1. The summed E-state index contributed by atoms with van der Waals surface area (Å²) in [7, 11) is 0. The van der Waals surface area contributed by atoms with Crippen molar-refractivity contribution >= 4 is 17.7 Å². The third-order valence-electron chi connectivity index (χ3n) is 4.37. The Morgan fingerprint density at radius 2 is 2.00 bits per heavy atom. The summed E-state index contributed by atoms with van der Waals surface area (Å²) in [6.07, 6.45) is 1.38. The Labute approximate surface area is 146 Å². The van der Waals surface area contributed by atoms with Gasteiger partial charge >= 0.3 is 5.97 Å². The first-order chi connectivity index (χ1) is 11.9. The highest BCUT2D eigenvalue weighted by Gasteiger charge is 2.31. The summed E-state index contributed by atoms with van der Waals surface area (Å²) < 4.78 is 1.69. The molecule has 1 aliphatic heterocycles. The van der Waals surface area contributed by atoms with Crippen LogP contribution in [0.15, 0.2) is 30.3 Å². The average molecular weight is 342 g/mol. The lowest BCUT2D eigenvalue weighted by atomic mass is 10.2. The number of anilines is 1. The van der Waals surface area contributed by atoms with Crippen molar-refractivity contribution in [2.24, 2.45) is 0 Å². The molecule has 1 aliphatic rings. The second-order valence-electron chi connectivity index (χ2n) is 6.43. The van der Waals surface area contributed by atoms with Crippen molar-refractivity contribution in [1.82, 2.24) is 14.7 Å². The number of carbonyl (C=O) groups excluding carboxylic acids is 1. The third-order valence-corrected chi connectivity index (χ3v) is 4.37. The number of hydrogen-bond acceptors (Lipinski definition) is 4. The van der Waals surface area contributed by atoms with Crippen molar-refractivity contribution in [2.45, 2.75) is 32.7 Å². The largest absolute Gasteiger partial charge is 0.480 e. The van der Waals surface area contributed by atoms with Gasteiger partial charge in [0.1, 0.15) is 11.9 Å². The molecule has 1 saturated heterocycles. The van der Waals surface area contributed by atoms with E-state index in [1.54, 1.807) is 15.6 Å². The van der Waals surface area contributed by atoms with E-state index in [-0.39, 0.29) is 12.5 Å². The Bertz CT molecular complexity index is 782. The highest BCUT2D eigenvalue weighted by Crippen LogP contribution is 2.19. The van der Waals surface area contributed by atoms with Crippen LogP contribution >= 0.6 is 0 Å². The zero-order valence-electron chi connectivity index (χ0n) is 14.4. The fourth-order valence-corrected chi connectivity index (χ4v) is 3.13. The average Bonchev–Trinajstić information content (AvgIpc) is 3.15. The smallest absolute Gasteiger partial charge is 0.320 e. The van der Waals surface area contributed by atoms with Crippen LogP contribution in [0, 0.1) is 13.8 Å². The number of rotatable bonds is 5. The van der Waals surface area contributed by atoms with Gasteiger partial charge in [-0.2, -0.15) is 5.10 Å². The molecule has 0 spiro atoms. The van der Waals surface area contributed by atoms with E-state index in [2.05, 4.69) is 10.4 Å². The molecular formula is C18H22N4O3. The Morgan fingerprint density at radius 3 is 2.68 bits per heavy atom. The summed E-state index contributed by atoms with van der Waals surface area (Å²) in [6, 6.07) is 9.08. The number of nitrogens with one attached hydrogen (secondary N) is 1. The molecule has 1 aromatic carbocycles. The number of nitrogens with zero attached hydrogens (tertiary/aromatic N) is 3. The normalized spacial score (nSPS) is 17.6. The predicted octanol–water partition coefficient (Wildman–Crippen LogP) is 1.98. The number of aryl methyl sites for hydroxylation is 2. The second-order valence-corrected chi connectivity index (χ2v) is 6.43. The van der Waals surface area contributed by atoms with Crippen molar-refractivity contribution in [3.05, 3.63) is 41.6 Å².